The summed E-state index contributed by atoms with van der Waals surface area (Å²) in [5.74, 6) is -2.61. The van der Waals surface area contributed by atoms with Crippen LogP contribution in [0.4, 0.5) is 14.5 Å². The molecular weight excluding hydrogens is 360 g/mol. The number of esters is 1. The number of thioether (sulfide) groups is 1. The highest BCUT2D eigenvalue weighted by Crippen LogP contribution is 2.23. The van der Waals surface area contributed by atoms with Gasteiger partial charge in [0.1, 0.15) is 11.6 Å². The van der Waals surface area contributed by atoms with Crippen molar-refractivity contribution in [2.75, 3.05) is 11.1 Å². The van der Waals surface area contributed by atoms with Crippen LogP contribution in [0.1, 0.15) is 18.1 Å². The largest absolute Gasteiger partial charge is 0.452 e. The summed E-state index contributed by atoms with van der Waals surface area (Å²) in [6, 6.07) is 8.56. The van der Waals surface area contributed by atoms with E-state index in [1.54, 1.807) is 6.07 Å². The molecule has 0 aliphatic carbocycles. The molecule has 1 atom stereocenters. The van der Waals surface area contributed by atoms with E-state index in [1.165, 1.54) is 6.92 Å². The third-order valence-electron chi connectivity index (χ3n) is 3.56. The van der Waals surface area contributed by atoms with Crippen molar-refractivity contribution in [1.29, 1.82) is 0 Å². The van der Waals surface area contributed by atoms with Gasteiger partial charge in [-0.1, -0.05) is 17.7 Å². The maximum Gasteiger partial charge on any atom is 0.317 e. The van der Waals surface area contributed by atoms with E-state index < -0.39 is 29.6 Å². The summed E-state index contributed by atoms with van der Waals surface area (Å²) in [5.41, 5.74) is 2.61. The molecule has 0 aliphatic heterocycles. The molecule has 1 amide bonds. The molecule has 2 aromatic carbocycles. The van der Waals surface area contributed by atoms with E-state index in [2.05, 4.69) is 5.32 Å². The lowest BCUT2D eigenvalue weighted by atomic mass is 10.1. The van der Waals surface area contributed by atoms with E-state index in [0.29, 0.717) is 5.69 Å². The first-order valence-corrected chi connectivity index (χ1v) is 8.90. The number of carbonyl (C=O) groups excluding carboxylic acids is 2. The summed E-state index contributed by atoms with van der Waals surface area (Å²) in [7, 11) is 0. The van der Waals surface area contributed by atoms with Crippen LogP contribution in [-0.2, 0) is 14.3 Å². The molecule has 0 radical (unpaired) electrons. The van der Waals surface area contributed by atoms with Gasteiger partial charge in [-0.2, -0.15) is 0 Å². The first kappa shape index (κ1) is 19.9. The molecule has 0 saturated carbocycles. The maximum absolute atomic E-state index is 13.5. The van der Waals surface area contributed by atoms with Crippen LogP contribution < -0.4 is 5.32 Å². The van der Waals surface area contributed by atoms with Crippen LogP contribution >= 0.6 is 11.8 Å². The van der Waals surface area contributed by atoms with Crippen LogP contribution in [0.25, 0.3) is 0 Å². The Bertz CT molecular complexity index is 826. The number of hydrogen-bond donors (Lipinski definition) is 1. The second-order valence-corrected chi connectivity index (χ2v) is 6.82. The summed E-state index contributed by atoms with van der Waals surface area (Å²) >= 11 is 0.810. The molecule has 2 aromatic rings. The van der Waals surface area contributed by atoms with Crippen LogP contribution in [-0.4, -0.2) is 23.7 Å². The molecular formula is C19H19F2NO3S. The number of hydrogen-bond acceptors (Lipinski definition) is 4. The summed E-state index contributed by atoms with van der Waals surface area (Å²) in [6.45, 7) is 5.26. The lowest BCUT2D eigenvalue weighted by molar-refractivity contribution is -0.150. The smallest absolute Gasteiger partial charge is 0.317 e. The molecule has 0 saturated heterocycles. The van der Waals surface area contributed by atoms with Crippen LogP contribution in [0.15, 0.2) is 41.3 Å². The number of carbonyl (C=O) groups is 2. The lowest BCUT2D eigenvalue weighted by Gasteiger charge is -2.15. The summed E-state index contributed by atoms with van der Waals surface area (Å²) in [6.07, 6.45) is -1.01. The van der Waals surface area contributed by atoms with Crippen molar-refractivity contribution in [3.63, 3.8) is 0 Å². The number of halogens is 2. The van der Waals surface area contributed by atoms with Crippen LogP contribution in [0.2, 0.25) is 0 Å². The molecule has 0 fully saturated rings. The lowest BCUT2D eigenvalue weighted by Crippen LogP contribution is -2.30. The summed E-state index contributed by atoms with van der Waals surface area (Å²) in [4.78, 5) is 24.0. The minimum absolute atomic E-state index is 0.00864. The van der Waals surface area contributed by atoms with Gasteiger partial charge in [-0.05, 0) is 50.6 Å². The van der Waals surface area contributed by atoms with E-state index in [1.807, 2.05) is 26.0 Å². The molecule has 138 valence electrons. The van der Waals surface area contributed by atoms with Gasteiger partial charge in [0.05, 0.1) is 5.75 Å². The molecule has 1 N–H and O–H groups in total. The fourth-order valence-electron chi connectivity index (χ4n) is 2.20. The van der Waals surface area contributed by atoms with Gasteiger partial charge in [0.2, 0.25) is 0 Å². The highest BCUT2D eigenvalue weighted by molar-refractivity contribution is 8.00. The average molecular weight is 379 g/mol. The molecule has 4 nitrogen and oxygen atoms in total. The van der Waals surface area contributed by atoms with Gasteiger partial charge in [0.15, 0.2) is 6.10 Å². The number of nitrogens with one attached hydrogen (secondary N) is 1. The molecule has 0 unspecified atom stereocenters. The summed E-state index contributed by atoms with van der Waals surface area (Å²) in [5, 5.41) is 2.70. The van der Waals surface area contributed by atoms with E-state index in [0.717, 1.165) is 41.1 Å². The zero-order valence-corrected chi connectivity index (χ0v) is 15.5. The predicted molar refractivity (Wildman–Crippen MR) is 97.2 cm³/mol. The Morgan fingerprint density at radius 1 is 1.15 bits per heavy atom. The van der Waals surface area contributed by atoms with E-state index >= 15 is 0 Å². The quantitative estimate of drug-likeness (QED) is 0.602. The minimum Gasteiger partial charge on any atom is -0.452 e. The second kappa shape index (κ2) is 8.80. The van der Waals surface area contributed by atoms with E-state index in [9.17, 15) is 18.4 Å². The van der Waals surface area contributed by atoms with Crippen LogP contribution in [0.5, 0.6) is 0 Å². The molecule has 0 aliphatic rings. The van der Waals surface area contributed by atoms with Crippen molar-refractivity contribution in [1.82, 2.24) is 0 Å². The van der Waals surface area contributed by atoms with E-state index in [-0.39, 0.29) is 10.6 Å². The fraction of sp³-hybridized carbons (Fsp3) is 0.263. The molecule has 0 bridgehead atoms. The van der Waals surface area contributed by atoms with Gasteiger partial charge in [-0.25, -0.2) is 8.78 Å². The number of amides is 1. The van der Waals surface area contributed by atoms with Crippen molar-refractivity contribution in [3.8, 4) is 0 Å². The molecule has 2 rings (SSSR count). The molecule has 7 heteroatoms. The average Bonchev–Trinajstić information content (AvgIpc) is 2.58. The number of rotatable bonds is 6. The third-order valence-corrected chi connectivity index (χ3v) is 4.56. The standard InChI is InChI=1S/C19H19F2NO3S/c1-11-4-7-16(12(2)8-11)22-19(24)13(3)25-18(23)10-26-17-9-14(20)5-6-15(17)21/h4-9,13H,10H2,1-3H3,(H,22,24)/t13-/m0/s1. The Labute approximate surface area is 154 Å². The van der Waals surface area contributed by atoms with Gasteiger partial charge < -0.3 is 10.1 Å². The maximum atomic E-state index is 13.5. The minimum atomic E-state index is -1.01. The zero-order valence-electron chi connectivity index (χ0n) is 14.6. The van der Waals surface area contributed by atoms with Crippen LogP contribution in [0, 0.1) is 25.5 Å². The monoisotopic (exact) mass is 379 g/mol. The fourth-order valence-corrected chi connectivity index (χ4v) is 2.94. The summed E-state index contributed by atoms with van der Waals surface area (Å²) < 4.78 is 31.7. The van der Waals surface area contributed by atoms with Gasteiger partial charge in [0, 0.05) is 10.6 Å². The predicted octanol–water partition coefficient (Wildman–Crippen LogP) is 4.24. The SMILES string of the molecule is Cc1ccc(NC(=O)[C@H](C)OC(=O)CSc2cc(F)ccc2F)c(C)c1. The Morgan fingerprint density at radius 3 is 2.58 bits per heavy atom. The zero-order chi connectivity index (χ0) is 19.3. The highest BCUT2D eigenvalue weighted by Gasteiger charge is 2.19. The Morgan fingerprint density at radius 2 is 1.88 bits per heavy atom. The Kier molecular flexibility index (Phi) is 6.74. The van der Waals surface area contributed by atoms with Crippen molar-refractivity contribution in [2.45, 2.75) is 31.8 Å². The van der Waals surface area contributed by atoms with Gasteiger partial charge in [-0.15, -0.1) is 11.8 Å². The van der Waals surface area contributed by atoms with Crippen LogP contribution in [0.3, 0.4) is 0 Å². The Balaban J connectivity index is 1.87. The topological polar surface area (TPSA) is 55.4 Å². The number of ether oxygens (including phenoxy) is 1. The van der Waals surface area contributed by atoms with Gasteiger partial charge in [-0.3, -0.25) is 9.59 Å². The van der Waals surface area contributed by atoms with Crippen molar-refractivity contribution < 1.29 is 23.1 Å². The van der Waals surface area contributed by atoms with Crippen molar-refractivity contribution in [2.24, 2.45) is 0 Å². The Hall–Kier alpha value is -2.41. The first-order valence-electron chi connectivity index (χ1n) is 7.91. The van der Waals surface area contributed by atoms with Gasteiger partial charge >= 0.3 is 5.97 Å². The highest BCUT2D eigenvalue weighted by atomic mass is 32.2. The second-order valence-electron chi connectivity index (χ2n) is 5.80. The van der Waals surface area contributed by atoms with Crippen molar-refractivity contribution in [3.05, 3.63) is 59.2 Å². The number of aryl methyl sites for hydroxylation is 2. The van der Waals surface area contributed by atoms with Crippen molar-refractivity contribution >= 4 is 29.3 Å². The normalized spacial score (nSPS) is 11.7. The van der Waals surface area contributed by atoms with Gasteiger partial charge in [0.25, 0.3) is 5.91 Å². The number of benzene rings is 2. The molecule has 0 aromatic heterocycles. The third kappa shape index (κ3) is 5.56. The number of anilines is 1. The van der Waals surface area contributed by atoms with E-state index in [4.69, 9.17) is 4.74 Å². The molecule has 0 heterocycles. The molecule has 26 heavy (non-hydrogen) atoms. The molecule has 0 spiro atoms. The first-order chi connectivity index (χ1) is 12.3.